The van der Waals surface area contributed by atoms with E-state index in [1.165, 1.54) is 6.20 Å². The van der Waals surface area contributed by atoms with Crippen LogP contribution in [-0.4, -0.2) is 67.1 Å². The summed E-state index contributed by atoms with van der Waals surface area (Å²) in [6.45, 7) is 1.53. The number of aliphatic hydroxyl groups excluding tert-OH is 1. The van der Waals surface area contributed by atoms with Crippen molar-refractivity contribution < 1.29 is 19.4 Å². The molecule has 2 aromatic heterocycles. The number of aromatic nitrogens is 3. The first-order valence-electron chi connectivity index (χ1n) is 7.74. The number of hydrogen-bond donors (Lipinski definition) is 3. The topological polar surface area (TPSA) is 117 Å². The van der Waals surface area contributed by atoms with Crippen molar-refractivity contribution in [3.05, 3.63) is 36.3 Å². The van der Waals surface area contributed by atoms with Gasteiger partial charge in [-0.15, -0.1) is 0 Å². The lowest BCUT2D eigenvalue weighted by molar-refractivity contribution is -0.117. The lowest BCUT2D eigenvalue weighted by Gasteiger charge is -2.42. The lowest BCUT2D eigenvalue weighted by atomic mass is 9.88. The summed E-state index contributed by atoms with van der Waals surface area (Å²) in [6.07, 6.45) is 3.57. The monoisotopic (exact) mass is 335 g/mol. The second kappa shape index (κ2) is 6.71. The normalized spacial score (nSPS) is 24.9. The molecular formula is C15H21N5O4. The maximum atomic E-state index is 11.9. The van der Waals surface area contributed by atoms with E-state index in [9.17, 15) is 15.0 Å². The Kier molecular flexibility index (Phi) is 4.65. The Morgan fingerprint density at radius 3 is 3.04 bits per heavy atom. The summed E-state index contributed by atoms with van der Waals surface area (Å²) in [6, 6.07) is 1.92. The number of rotatable bonds is 5. The molecule has 2 aromatic rings. The predicted molar refractivity (Wildman–Crippen MR) is 82.9 cm³/mol. The molecule has 3 heterocycles. The summed E-state index contributed by atoms with van der Waals surface area (Å²) in [5.74, 6) is -0.396. The van der Waals surface area contributed by atoms with Crippen LogP contribution in [-0.2, 0) is 13.6 Å². The molecule has 3 rings (SSSR count). The highest BCUT2D eigenvalue weighted by molar-refractivity contribution is 5.91. The summed E-state index contributed by atoms with van der Waals surface area (Å²) in [5.41, 5.74) is -0.329. The van der Waals surface area contributed by atoms with Crippen LogP contribution < -0.4 is 5.32 Å². The molecular weight excluding hydrogens is 314 g/mol. The largest absolute Gasteiger partial charge is 0.438 e. The minimum atomic E-state index is -1.36. The van der Waals surface area contributed by atoms with Crippen molar-refractivity contribution in [2.45, 2.75) is 24.7 Å². The fourth-order valence-corrected chi connectivity index (χ4v) is 2.81. The molecule has 0 aliphatic carbocycles. The fourth-order valence-electron chi connectivity index (χ4n) is 2.81. The Hall–Kier alpha value is -2.23. The number of hydrogen-bond acceptors (Lipinski definition) is 7. The van der Waals surface area contributed by atoms with Crippen molar-refractivity contribution in [1.29, 1.82) is 0 Å². The molecule has 1 fully saturated rings. The number of carbonyl (C=O) groups is 1. The van der Waals surface area contributed by atoms with Crippen molar-refractivity contribution in [1.82, 2.24) is 25.0 Å². The van der Waals surface area contributed by atoms with Gasteiger partial charge in [-0.05, 0) is 12.5 Å². The number of aliphatic hydroxyl groups is 2. The summed E-state index contributed by atoms with van der Waals surface area (Å²) >= 11 is 0. The number of piperidine rings is 1. The van der Waals surface area contributed by atoms with Crippen molar-refractivity contribution in [3.8, 4) is 0 Å². The third-order valence-electron chi connectivity index (χ3n) is 4.43. The van der Waals surface area contributed by atoms with Gasteiger partial charge in [0.05, 0.1) is 18.0 Å². The Labute approximate surface area is 138 Å². The highest BCUT2D eigenvalue weighted by Crippen LogP contribution is 2.23. The summed E-state index contributed by atoms with van der Waals surface area (Å²) < 4.78 is 6.68. The molecule has 0 unspecified atom stereocenters. The van der Waals surface area contributed by atoms with Gasteiger partial charge in [-0.1, -0.05) is 0 Å². The number of oxazole rings is 1. The summed E-state index contributed by atoms with van der Waals surface area (Å²) in [4.78, 5) is 17.6. The average Bonchev–Trinajstić information content (AvgIpc) is 3.22. The fraction of sp³-hybridized carbons (Fsp3) is 0.533. The smallest absolute Gasteiger partial charge is 0.288 e. The van der Waals surface area contributed by atoms with Crippen LogP contribution >= 0.6 is 0 Å². The number of β-amino-alcohol motifs (C(OH)–C–C–N with tert-alkyl or cyclic N) is 1. The third kappa shape index (κ3) is 3.48. The Morgan fingerprint density at radius 2 is 2.42 bits per heavy atom. The third-order valence-corrected chi connectivity index (χ3v) is 4.43. The Balaban J connectivity index is 1.54. The SMILES string of the molecule is Cn1nccc1CN1CC[C@@](O)(CNC(=O)c2cnco2)[C@H](O)C1. The van der Waals surface area contributed by atoms with Crippen LogP contribution in [0.3, 0.4) is 0 Å². The zero-order valence-electron chi connectivity index (χ0n) is 13.4. The van der Waals surface area contributed by atoms with Crippen molar-refractivity contribution in [3.63, 3.8) is 0 Å². The maximum Gasteiger partial charge on any atom is 0.288 e. The molecule has 0 aromatic carbocycles. The minimum absolute atomic E-state index is 0.0484. The zero-order chi connectivity index (χ0) is 17.2. The maximum absolute atomic E-state index is 11.9. The van der Waals surface area contributed by atoms with Crippen LogP contribution in [0.15, 0.2) is 29.3 Å². The van der Waals surface area contributed by atoms with Gasteiger partial charge < -0.3 is 19.9 Å². The molecule has 1 amide bonds. The van der Waals surface area contributed by atoms with Crippen molar-refractivity contribution in [2.75, 3.05) is 19.6 Å². The van der Waals surface area contributed by atoms with Gasteiger partial charge in [-0.2, -0.15) is 5.10 Å². The molecule has 1 aliphatic rings. The van der Waals surface area contributed by atoms with Gasteiger partial charge >= 0.3 is 0 Å². The molecule has 2 atom stereocenters. The number of carbonyl (C=O) groups excluding carboxylic acids is 1. The van der Waals surface area contributed by atoms with E-state index in [-0.39, 0.29) is 12.3 Å². The minimum Gasteiger partial charge on any atom is -0.438 e. The lowest BCUT2D eigenvalue weighted by Crippen LogP contribution is -2.60. The highest BCUT2D eigenvalue weighted by atomic mass is 16.4. The van der Waals surface area contributed by atoms with Crippen molar-refractivity contribution >= 4 is 5.91 Å². The van der Waals surface area contributed by atoms with Gasteiger partial charge in [0.2, 0.25) is 5.76 Å². The van der Waals surface area contributed by atoms with Crippen LogP contribution in [0.1, 0.15) is 22.7 Å². The van der Waals surface area contributed by atoms with Crippen LogP contribution in [0, 0.1) is 0 Å². The molecule has 9 nitrogen and oxygen atoms in total. The number of nitrogens with zero attached hydrogens (tertiary/aromatic N) is 4. The first kappa shape index (κ1) is 16.6. The molecule has 3 N–H and O–H groups in total. The second-order valence-corrected chi connectivity index (χ2v) is 6.10. The first-order chi connectivity index (χ1) is 11.5. The quantitative estimate of drug-likeness (QED) is 0.651. The number of amides is 1. The Bertz CT molecular complexity index is 686. The molecule has 1 saturated heterocycles. The van der Waals surface area contributed by atoms with E-state index in [1.54, 1.807) is 10.9 Å². The van der Waals surface area contributed by atoms with Gasteiger partial charge in [0.25, 0.3) is 5.91 Å². The summed E-state index contributed by atoms with van der Waals surface area (Å²) in [5, 5.41) is 27.7. The van der Waals surface area contributed by atoms with Crippen LogP contribution in [0.4, 0.5) is 0 Å². The molecule has 0 saturated carbocycles. The molecule has 130 valence electrons. The van der Waals surface area contributed by atoms with Gasteiger partial charge in [-0.3, -0.25) is 14.4 Å². The van der Waals surface area contributed by atoms with Crippen LogP contribution in [0.5, 0.6) is 0 Å². The number of likely N-dealkylation sites (tertiary alicyclic amines) is 1. The van der Waals surface area contributed by atoms with E-state index in [1.807, 2.05) is 13.1 Å². The molecule has 0 bridgehead atoms. The number of aryl methyl sites for hydroxylation is 1. The Morgan fingerprint density at radius 1 is 1.58 bits per heavy atom. The van der Waals surface area contributed by atoms with E-state index in [2.05, 4.69) is 20.3 Å². The van der Waals surface area contributed by atoms with Gasteiger partial charge in [0.15, 0.2) is 6.39 Å². The second-order valence-electron chi connectivity index (χ2n) is 6.10. The summed E-state index contributed by atoms with van der Waals surface area (Å²) in [7, 11) is 1.87. The van der Waals surface area contributed by atoms with Crippen LogP contribution in [0.2, 0.25) is 0 Å². The van der Waals surface area contributed by atoms with Crippen LogP contribution in [0.25, 0.3) is 0 Å². The van der Waals surface area contributed by atoms with Gasteiger partial charge in [-0.25, -0.2) is 4.98 Å². The van der Waals surface area contributed by atoms with E-state index in [0.29, 0.717) is 26.1 Å². The van der Waals surface area contributed by atoms with E-state index < -0.39 is 17.6 Å². The first-order valence-corrected chi connectivity index (χ1v) is 7.74. The standard InChI is InChI=1S/C15H21N5O4/c1-19-11(2-4-18-19)7-20-5-3-15(23,13(21)8-20)9-17-14(22)12-6-16-10-24-12/h2,4,6,10,13,21,23H,3,5,7-9H2,1H3,(H,17,22)/t13-,15-/m1/s1. The predicted octanol–water partition coefficient (Wildman–Crippen LogP) is -0.864. The van der Waals surface area contributed by atoms with Crippen molar-refractivity contribution in [2.24, 2.45) is 7.05 Å². The number of nitrogens with one attached hydrogen (secondary N) is 1. The average molecular weight is 335 g/mol. The van der Waals surface area contributed by atoms with E-state index in [0.717, 1.165) is 12.1 Å². The highest BCUT2D eigenvalue weighted by Gasteiger charge is 2.41. The molecule has 24 heavy (non-hydrogen) atoms. The molecule has 0 radical (unpaired) electrons. The molecule has 0 spiro atoms. The zero-order valence-corrected chi connectivity index (χ0v) is 13.4. The van der Waals surface area contributed by atoms with E-state index >= 15 is 0 Å². The van der Waals surface area contributed by atoms with Gasteiger partial charge in [0.1, 0.15) is 5.60 Å². The van der Waals surface area contributed by atoms with E-state index in [4.69, 9.17) is 4.42 Å². The van der Waals surface area contributed by atoms with Gasteiger partial charge in [0, 0.05) is 39.4 Å². The molecule has 1 aliphatic heterocycles. The molecule has 9 heteroatoms.